The van der Waals surface area contributed by atoms with E-state index >= 15 is 0 Å². The number of fused-ring (bicyclic) bond motifs is 5. The van der Waals surface area contributed by atoms with Crippen LogP contribution in [0.5, 0.6) is 0 Å². The fourth-order valence-electron chi connectivity index (χ4n) is 4.80. The van der Waals surface area contributed by atoms with Gasteiger partial charge in [0.2, 0.25) is 23.6 Å². The van der Waals surface area contributed by atoms with Crippen LogP contribution in [0.4, 0.5) is 0 Å². The van der Waals surface area contributed by atoms with Gasteiger partial charge in [0.05, 0.1) is 24.8 Å². The summed E-state index contributed by atoms with van der Waals surface area (Å²) in [6.07, 6.45) is 2.34. The van der Waals surface area contributed by atoms with E-state index in [2.05, 4.69) is 31.6 Å². The lowest BCUT2D eigenvalue weighted by molar-refractivity contribution is -0.143. The Morgan fingerprint density at radius 1 is 1.13 bits per heavy atom. The summed E-state index contributed by atoms with van der Waals surface area (Å²) >= 11 is 0. The Labute approximate surface area is 221 Å². The summed E-state index contributed by atoms with van der Waals surface area (Å²) < 4.78 is 1.64. The molecule has 1 aromatic carbocycles. The first-order valence-electron chi connectivity index (χ1n) is 13.0. The average molecular weight is 525 g/mol. The molecule has 38 heavy (non-hydrogen) atoms. The third kappa shape index (κ3) is 6.01. The van der Waals surface area contributed by atoms with E-state index in [9.17, 15) is 19.2 Å². The van der Waals surface area contributed by atoms with Gasteiger partial charge in [-0.1, -0.05) is 49.4 Å². The lowest BCUT2D eigenvalue weighted by Crippen LogP contribution is -2.58. The SMILES string of the molecule is CNC(C)C(=O)NC(C(=O)N1CC2CC1C(=O)NC(Cc1ccccc1)C(=O)NCc1cn2nn1)C(C)C. The number of likely N-dealkylation sites (tertiary alicyclic amines) is 1. The van der Waals surface area contributed by atoms with Crippen LogP contribution in [-0.2, 0) is 32.1 Å². The molecule has 12 nitrogen and oxygen atoms in total. The number of nitrogens with zero attached hydrogens (tertiary/aromatic N) is 4. The number of rotatable bonds is 7. The molecule has 0 spiro atoms. The van der Waals surface area contributed by atoms with Crippen LogP contribution in [0.3, 0.4) is 0 Å². The Balaban J connectivity index is 1.63. The Hall–Kier alpha value is -3.80. The van der Waals surface area contributed by atoms with Gasteiger partial charge in [-0.2, -0.15) is 0 Å². The fourth-order valence-corrected chi connectivity index (χ4v) is 4.80. The summed E-state index contributed by atoms with van der Waals surface area (Å²) in [7, 11) is 1.67. The molecule has 0 saturated carbocycles. The van der Waals surface area contributed by atoms with Gasteiger partial charge in [-0.05, 0) is 25.5 Å². The van der Waals surface area contributed by atoms with Crippen molar-refractivity contribution in [2.75, 3.05) is 13.6 Å². The molecular formula is C26H36N8O4. The van der Waals surface area contributed by atoms with Crippen LogP contribution in [0.25, 0.3) is 0 Å². The summed E-state index contributed by atoms with van der Waals surface area (Å²) in [6.45, 7) is 5.81. The average Bonchev–Trinajstić information content (AvgIpc) is 3.56. The maximum absolute atomic E-state index is 13.8. The summed E-state index contributed by atoms with van der Waals surface area (Å²) in [6, 6.07) is 6.15. The second-order valence-corrected chi connectivity index (χ2v) is 10.3. The van der Waals surface area contributed by atoms with Gasteiger partial charge in [-0.15, -0.1) is 5.10 Å². The first-order valence-corrected chi connectivity index (χ1v) is 13.0. The van der Waals surface area contributed by atoms with Crippen molar-refractivity contribution in [3.63, 3.8) is 0 Å². The van der Waals surface area contributed by atoms with Crippen LogP contribution in [0.1, 0.15) is 44.5 Å². The molecule has 4 bridgehead atoms. The molecule has 0 aliphatic carbocycles. The van der Waals surface area contributed by atoms with Crippen molar-refractivity contribution in [1.82, 2.24) is 41.2 Å². The van der Waals surface area contributed by atoms with Crippen LogP contribution in [0, 0.1) is 5.92 Å². The van der Waals surface area contributed by atoms with Crippen molar-refractivity contribution in [2.45, 2.75) is 70.4 Å². The summed E-state index contributed by atoms with van der Waals surface area (Å²) in [4.78, 5) is 54.7. The van der Waals surface area contributed by atoms with Crippen molar-refractivity contribution in [2.24, 2.45) is 5.92 Å². The van der Waals surface area contributed by atoms with Crippen molar-refractivity contribution in [3.8, 4) is 0 Å². The molecule has 12 heteroatoms. The molecule has 4 amide bonds. The summed E-state index contributed by atoms with van der Waals surface area (Å²) in [5, 5.41) is 19.8. The number of nitrogens with one attached hydrogen (secondary N) is 4. The third-order valence-corrected chi connectivity index (χ3v) is 7.21. The van der Waals surface area contributed by atoms with Crippen LogP contribution < -0.4 is 21.3 Å². The van der Waals surface area contributed by atoms with Crippen molar-refractivity contribution < 1.29 is 19.2 Å². The van der Waals surface area contributed by atoms with Crippen LogP contribution in [-0.4, -0.2) is 81.3 Å². The van der Waals surface area contributed by atoms with Gasteiger partial charge in [0, 0.05) is 19.4 Å². The minimum absolute atomic E-state index is 0.171. The molecule has 5 atom stereocenters. The first kappa shape index (κ1) is 27.2. The zero-order valence-corrected chi connectivity index (χ0v) is 22.2. The van der Waals surface area contributed by atoms with E-state index in [4.69, 9.17) is 0 Å². The molecule has 1 saturated heterocycles. The second-order valence-electron chi connectivity index (χ2n) is 10.3. The Bertz CT molecular complexity index is 1170. The number of aromatic nitrogens is 3. The van der Waals surface area contributed by atoms with E-state index < -0.39 is 30.1 Å². The summed E-state index contributed by atoms with van der Waals surface area (Å²) in [5.41, 5.74) is 1.47. The van der Waals surface area contributed by atoms with Crippen LogP contribution >= 0.6 is 0 Å². The number of likely N-dealkylation sites (N-methyl/N-ethyl adjacent to an activating group) is 1. The molecule has 1 aromatic heterocycles. The fraction of sp³-hybridized carbons (Fsp3) is 0.538. The number of benzene rings is 1. The standard InChI is InChI=1S/C26H36N8O4/c1-15(2)22(30-23(35)16(3)27-4)26(38)33-14-19-11-21(33)25(37)29-20(10-17-8-6-5-7-9-17)24(36)28-12-18-13-34(19)32-31-18/h5-9,13,15-16,19-22,27H,10-12,14H2,1-4H3,(H,28,36)(H,29,37)(H,30,35). The largest absolute Gasteiger partial charge is 0.349 e. The number of carbonyl (C=O) groups excluding carboxylic acids is 4. The Kier molecular flexibility index (Phi) is 8.40. The zero-order valence-electron chi connectivity index (χ0n) is 22.2. The van der Waals surface area contributed by atoms with Gasteiger partial charge in [-0.3, -0.25) is 19.2 Å². The number of carbonyl (C=O) groups is 4. The van der Waals surface area contributed by atoms with Gasteiger partial charge in [0.1, 0.15) is 23.8 Å². The van der Waals surface area contributed by atoms with Gasteiger partial charge in [0.25, 0.3) is 0 Å². The number of hydrogen-bond donors (Lipinski definition) is 4. The Morgan fingerprint density at radius 3 is 2.55 bits per heavy atom. The molecule has 2 aliphatic rings. The molecule has 2 aliphatic heterocycles. The van der Waals surface area contributed by atoms with Gasteiger partial charge < -0.3 is 26.2 Å². The second kappa shape index (κ2) is 11.7. The molecule has 5 unspecified atom stereocenters. The third-order valence-electron chi connectivity index (χ3n) is 7.21. The maximum Gasteiger partial charge on any atom is 0.246 e. The maximum atomic E-state index is 13.8. The van der Waals surface area contributed by atoms with E-state index in [1.807, 2.05) is 44.2 Å². The van der Waals surface area contributed by atoms with Crippen molar-refractivity contribution in [1.29, 1.82) is 0 Å². The quantitative estimate of drug-likeness (QED) is 0.382. The van der Waals surface area contributed by atoms with Crippen molar-refractivity contribution >= 4 is 23.6 Å². The molecule has 1 fully saturated rings. The highest BCUT2D eigenvalue weighted by molar-refractivity contribution is 5.95. The van der Waals surface area contributed by atoms with E-state index in [1.54, 1.807) is 24.9 Å². The predicted octanol–water partition coefficient (Wildman–Crippen LogP) is -0.474. The smallest absolute Gasteiger partial charge is 0.246 e. The van der Waals surface area contributed by atoms with Gasteiger partial charge >= 0.3 is 0 Å². The highest BCUT2D eigenvalue weighted by Crippen LogP contribution is 2.29. The highest BCUT2D eigenvalue weighted by Gasteiger charge is 2.44. The lowest BCUT2D eigenvalue weighted by Gasteiger charge is -2.31. The van der Waals surface area contributed by atoms with E-state index in [-0.39, 0.29) is 42.8 Å². The molecule has 4 N–H and O–H groups in total. The Morgan fingerprint density at radius 2 is 1.87 bits per heavy atom. The molecule has 4 rings (SSSR count). The minimum Gasteiger partial charge on any atom is -0.349 e. The topological polar surface area (TPSA) is 150 Å². The molecule has 3 heterocycles. The monoisotopic (exact) mass is 524 g/mol. The molecule has 204 valence electrons. The van der Waals surface area contributed by atoms with Crippen LogP contribution in [0.15, 0.2) is 36.5 Å². The number of amides is 4. The molecule has 0 radical (unpaired) electrons. The highest BCUT2D eigenvalue weighted by atomic mass is 16.2. The van der Waals surface area contributed by atoms with Gasteiger partial charge in [0.15, 0.2) is 0 Å². The van der Waals surface area contributed by atoms with Crippen molar-refractivity contribution in [3.05, 3.63) is 47.8 Å². The predicted molar refractivity (Wildman–Crippen MR) is 138 cm³/mol. The van der Waals surface area contributed by atoms with Crippen LogP contribution in [0.2, 0.25) is 0 Å². The minimum atomic E-state index is -0.842. The van der Waals surface area contributed by atoms with Gasteiger partial charge in [-0.25, -0.2) is 4.68 Å². The number of hydrogen-bond acceptors (Lipinski definition) is 7. The zero-order chi connectivity index (χ0) is 27.4. The van der Waals surface area contributed by atoms with E-state index in [0.29, 0.717) is 18.5 Å². The molecule has 2 aromatic rings. The normalized spacial score (nSPS) is 23.1. The van der Waals surface area contributed by atoms with E-state index in [1.165, 1.54) is 4.90 Å². The first-order chi connectivity index (χ1) is 18.2. The van der Waals surface area contributed by atoms with E-state index in [0.717, 1.165) is 5.56 Å². The summed E-state index contributed by atoms with van der Waals surface area (Å²) in [5.74, 6) is -1.63. The molecular weight excluding hydrogens is 488 g/mol. The lowest BCUT2D eigenvalue weighted by atomic mass is 10.0.